The van der Waals surface area contributed by atoms with Crippen LogP contribution in [-0.4, -0.2) is 5.91 Å². The normalized spacial score (nSPS) is 10.8. The molecule has 3 nitrogen and oxygen atoms in total. The van der Waals surface area contributed by atoms with Crippen LogP contribution >= 0.6 is 23.2 Å². The second kappa shape index (κ2) is 7.16. The summed E-state index contributed by atoms with van der Waals surface area (Å²) >= 11 is 11.9. The molecular formula is C16H13Cl2NO2. The lowest BCUT2D eigenvalue weighted by molar-refractivity contribution is -0.113. The zero-order chi connectivity index (χ0) is 15.2. The topological polar surface area (TPSA) is 52.3 Å². The Labute approximate surface area is 132 Å². The van der Waals surface area contributed by atoms with Crippen molar-refractivity contribution in [2.45, 2.75) is 6.61 Å². The van der Waals surface area contributed by atoms with Crippen LogP contribution < -0.4 is 10.5 Å². The summed E-state index contributed by atoms with van der Waals surface area (Å²) in [5, 5.41) is 1.16. The van der Waals surface area contributed by atoms with Crippen LogP contribution in [0.25, 0.3) is 6.08 Å². The predicted molar refractivity (Wildman–Crippen MR) is 85.5 cm³/mol. The van der Waals surface area contributed by atoms with Gasteiger partial charge in [-0.15, -0.1) is 0 Å². The molecule has 2 N–H and O–H groups in total. The van der Waals surface area contributed by atoms with Crippen LogP contribution in [0.4, 0.5) is 0 Å². The quantitative estimate of drug-likeness (QED) is 0.844. The molecule has 0 saturated heterocycles. The highest BCUT2D eigenvalue weighted by atomic mass is 35.5. The zero-order valence-corrected chi connectivity index (χ0v) is 12.6. The fraction of sp³-hybridized carbons (Fsp3) is 0.0625. The smallest absolute Gasteiger partial charge is 0.241 e. The summed E-state index contributed by atoms with van der Waals surface area (Å²) < 4.78 is 5.65. The van der Waals surface area contributed by atoms with Gasteiger partial charge in [0.05, 0.1) is 0 Å². The molecule has 0 aliphatic carbocycles. The minimum absolute atomic E-state index is 0.354. The molecule has 2 aromatic rings. The second-order valence-electron chi connectivity index (χ2n) is 4.33. The van der Waals surface area contributed by atoms with E-state index in [-0.39, 0.29) is 0 Å². The van der Waals surface area contributed by atoms with Gasteiger partial charge < -0.3 is 10.5 Å². The molecule has 21 heavy (non-hydrogen) atoms. The first-order chi connectivity index (χ1) is 10.0. The number of ether oxygens (including phenoxy) is 1. The van der Waals surface area contributed by atoms with Gasteiger partial charge in [-0.1, -0.05) is 41.4 Å². The van der Waals surface area contributed by atoms with Crippen molar-refractivity contribution in [3.05, 3.63) is 69.7 Å². The molecule has 0 radical (unpaired) electrons. The van der Waals surface area contributed by atoms with Crippen molar-refractivity contribution in [1.29, 1.82) is 0 Å². The molecule has 0 bridgehead atoms. The van der Waals surface area contributed by atoms with E-state index in [1.807, 2.05) is 30.3 Å². The number of carbonyl (C=O) groups is 1. The average Bonchev–Trinajstić information content (AvgIpc) is 2.45. The van der Waals surface area contributed by atoms with Gasteiger partial charge in [-0.05, 0) is 35.9 Å². The number of hydrogen-bond donors (Lipinski definition) is 1. The van der Waals surface area contributed by atoms with Gasteiger partial charge in [0.15, 0.2) is 0 Å². The Balaban J connectivity index is 1.99. The van der Waals surface area contributed by atoms with Crippen LogP contribution in [-0.2, 0) is 11.4 Å². The number of rotatable bonds is 5. The summed E-state index contributed by atoms with van der Waals surface area (Å²) in [5.74, 6) is 0.227. The van der Waals surface area contributed by atoms with E-state index in [9.17, 15) is 4.79 Å². The van der Waals surface area contributed by atoms with Crippen LogP contribution in [0.5, 0.6) is 5.75 Å². The second-order valence-corrected chi connectivity index (χ2v) is 5.17. The molecular weight excluding hydrogens is 309 g/mol. The Morgan fingerprint density at radius 1 is 1.14 bits per heavy atom. The largest absolute Gasteiger partial charge is 0.489 e. The van der Waals surface area contributed by atoms with Crippen LogP contribution in [0, 0.1) is 0 Å². The Hall–Kier alpha value is -1.97. The maximum Gasteiger partial charge on any atom is 0.241 e. The van der Waals surface area contributed by atoms with E-state index < -0.39 is 5.91 Å². The van der Waals surface area contributed by atoms with Crippen LogP contribution in [0.2, 0.25) is 10.0 Å². The van der Waals surface area contributed by atoms with Gasteiger partial charge in [0.1, 0.15) is 12.4 Å². The van der Waals surface area contributed by atoms with E-state index in [1.54, 1.807) is 18.2 Å². The van der Waals surface area contributed by atoms with Crippen molar-refractivity contribution in [2.75, 3.05) is 0 Å². The monoisotopic (exact) mass is 321 g/mol. The number of hydrogen-bond acceptors (Lipinski definition) is 2. The molecule has 0 aliphatic heterocycles. The molecule has 0 unspecified atom stereocenters. The van der Waals surface area contributed by atoms with Crippen molar-refractivity contribution < 1.29 is 9.53 Å². The standard InChI is InChI=1S/C16H13Cl2NO2/c17-13-5-4-12(15(18)9-13)10-21-14-6-1-11(2-7-14)3-8-16(19)20/h1-9H,10H2,(H2,19,20)/b8-3-. The van der Waals surface area contributed by atoms with Gasteiger partial charge in [0.2, 0.25) is 5.91 Å². The lowest BCUT2D eigenvalue weighted by Crippen LogP contribution is -2.05. The number of halogens is 2. The van der Waals surface area contributed by atoms with Crippen LogP contribution in [0.3, 0.4) is 0 Å². The highest BCUT2D eigenvalue weighted by Gasteiger charge is 2.02. The molecule has 0 saturated carbocycles. The number of nitrogens with two attached hydrogens (primary N) is 1. The maximum absolute atomic E-state index is 10.6. The highest BCUT2D eigenvalue weighted by Crippen LogP contribution is 2.23. The molecule has 0 aliphatic rings. The van der Waals surface area contributed by atoms with E-state index >= 15 is 0 Å². The third kappa shape index (κ3) is 4.81. The lowest BCUT2D eigenvalue weighted by Gasteiger charge is -2.08. The SMILES string of the molecule is NC(=O)/C=C\c1ccc(OCc2ccc(Cl)cc2Cl)cc1. The number of carbonyl (C=O) groups excluding carboxylic acids is 1. The third-order valence-electron chi connectivity index (χ3n) is 2.73. The molecule has 0 fully saturated rings. The van der Waals surface area contributed by atoms with E-state index in [4.69, 9.17) is 33.7 Å². The molecule has 0 atom stereocenters. The van der Waals surface area contributed by atoms with Crippen molar-refractivity contribution >= 4 is 35.2 Å². The van der Waals surface area contributed by atoms with Gasteiger partial charge in [-0.25, -0.2) is 0 Å². The van der Waals surface area contributed by atoms with Gasteiger partial charge in [-0.2, -0.15) is 0 Å². The number of primary amides is 1. The van der Waals surface area contributed by atoms with E-state index in [1.165, 1.54) is 6.08 Å². The Morgan fingerprint density at radius 2 is 1.86 bits per heavy atom. The lowest BCUT2D eigenvalue weighted by atomic mass is 10.2. The van der Waals surface area contributed by atoms with Crippen LogP contribution in [0.15, 0.2) is 48.5 Å². The maximum atomic E-state index is 10.6. The minimum atomic E-state index is -0.479. The van der Waals surface area contributed by atoms with E-state index in [0.717, 1.165) is 11.1 Å². The van der Waals surface area contributed by atoms with E-state index in [2.05, 4.69) is 0 Å². The summed E-state index contributed by atoms with van der Waals surface area (Å²) in [6.07, 6.45) is 2.95. The Bertz CT molecular complexity index is 666. The molecule has 0 spiro atoms. The summed E-state index contributed by atoms with van der Waals surface area (Å²) in [6.45, 7) is 0.354. The number of benzene rings is 2. The Morgan fingerprint density at radius 3 is 2.48 bits per heavy atom. The first-order valence-corrected chi connectivity index (χ1v) is 6.94. The summed E-state index contributed by atoms with van der Waals surface area (Å²) in [4.78, 5) is 10.6. The molecule has 1 amide bonds. The fourth-order valence-corrected chi connectivity index (χ4v) is 2.12. The van der Waals surface area contributed by atoms with Gasteiger partial charge in [0.25, 0.3) is 0 Å². The van der Waals surface area contributed by atoms with E-state index in [0.29, 0.717) is 22.4 Å². The van der Waals surface area contributed by atoms with Crippen molar-refractivity contribution in [3.63, 3.8) is 0 Å². The fourth-order valence-electron chi connectivity index (χ4n) is 1.65. The number of amides is 1. The Kier molecular flexibility index (Phi) is 5.26. The van der Waals surface area contributed by atoms with Crippen molar-refractivity contribution in [1.82, 2.24) is 0 Å². The first-order valence-electron chi connectivity index (χ1n) is 6.19. The molecule has 2 rings (SSSR count). The highest BCUT2D eigenvalue weighted by molar-refractivity contribution is 6.35. The van der Waals surface area contributed by atoms with Gasteiger partial charge in [0, 0.05) is 21.7 Å². The molecule has 0 heterocycles. The molecule has 2 aromatic carbocycles. The summed E-state index contributed by atoms with van der Waals surface area (Å²) in [7, 11) is 0. The van der Waals surface area contributed by atoms with Gasteiger partial charge in [-0.3, -0.25) is 4.79 Å². The third-order valence-corrected chi connectivity index (χ3v) is 3.32. The van der Waals surface area contributed by atoms with Crippen molar-refractivity contribution in [3.8, 4) is 5.75 Å². The van der Waals surface area contributed by atoms with Crippen molar-refractivity contribution in [2.24, 2.45) is 5.73 Å². The zero-order valence-electron chi connectivity index (χ0n) is 11.1. The first kappa shape index (κ1) is 15.4. The minimum Gasteiger partial charge on any atom is -0.489 e. The average molecular weight is 322 g/mol. The molecule has 5 heteroatoms. The predicted octanol–water partition coefficient (Wildman–Crippen LogP) is 4.07. The van der Waals surface area contributed by atoms with Gasteiger partial charge >= 0.3 is 0 Å². The molecule has 108 valence electrons. The summed E-state index contributed by atoms with van der Waals surface area (Å²) in [6, 6.07) is 12.6. The molecule has 0 aromatic heterocycles. The van der Waals surface area contributed by atoms with Crippen LogP contribution in [0.1, 0.15) is 11.1 Å². The summed E-state index contributed by atoms with van der Waals surface area (Å²) in [5.41, 5.74) is 6.76.